The van der Waals surface area contributed by atoms with E-state index in [1.807, 2.05) is 18.2 Å². The standard InChI is InChI=1S/C14H17N3O3/c1-19-8-11-4-2-3-9-7-10(5-6-20-12(9)11)13(18)17-14(15)16/h2-4,7H,5-6,8H2,1H3,(H4,15,16,17,18). The summed E-state index contributed by atoms with van der Waals surface area (Å²) < 4.78 is 10.9. The number of aliphatic imine (C=N–C) groups is 1. The van der Waals surface area contributed by atoms with E-state index in [-0.39, 0.29) is 5.96 Å². The molecular formula is C14H17N3O3. The van der Waals surface area contributed by atoms with Crippen LogP contribution in [0, 0.1) is 0 Å². The molecule has 0 saturated heterocycles. The largest absolute Gasteiger partial charge is 0.492 e. The molecule has 6 nitrogen and oxygen atoms in total. The van der Waals surface area contributed by atoms with Gasteiger partial charge in [0.05, 0.1) is 13.2 Å². The Labute approximate surface area is 117 Å². The Morgan fingerprint density at radius 2 is 2.25 bits per heavy atom. The number of para-hydroxylation sites is 1. The average Bonchev–Trinajstić information content (AvgIpc) is 2.61. The lowest BCUT2D eigenvalue weighted by molar-refractivity contribution is -0.114. The highest BCUT2D eigenvalue weighted by atomic mass is 16.5. The predicted octanol–water partition coefficient (Wildman–Crippen LogP) is 0.799. The molecule has 0 aromatic heterocycles. The predicted molar refractivity (Wildman–Crippen MR) is 76.1 cm³/mol. The van der Waals surface area contributed by atoms with Gasteiger partial charge in [-0.2, -0.15) is 4.99 Å². The highest BCUT2D eigenvalue weighted by Gasteiger charge is 2.17. The van der Waals surface area contributed by atoms with E-state index in [0.717, 1.165) is 16.9 Å². The summed E-state index contributed by atoms with van der Waals surface area (Å²) in [6.45, 7) is 0.847. The van der Waals surface area contributed by atoms with Crippen LogP contribution in [0.15, 0.2) is 28.8 Å². The highest BCUT2D eigenvalue weighted by molar-refractivity contribution is 6.04. The first-order valence-corrected chi connectivity index (χ1v) is 6.20. The first-order chi connectivity index (χ1) is 9.61. The van der Waals surface area contributed by atoms with Gasteiger partial charge >= 0.3 is 0 Å². The minimum Gasteiger partial charge on any atom is -0.492 e. The van der Waals surface area contributed by atoms with Gasteiger partial charge in [-0.25, -0.2) is 0 Å². The van der Waals surface area contributed by atoms with Crippen LogP contribution in [0.4, 0.5) is 0 Å². The second-order valence-electron chi connectivity index (χ2n) is 4.38. The normalized spacial score (nSPS) is 13.6. The molecule has 0 radical (unpaired) electrons. The van der Waals surface area contributed by atoms with Gasteiger partial charge in [-0.3, -0.25) is 4.79 Å². The lowest BCUT2D eigenvalue weighted by Gasteiger charge is -2.11. The summed E-state index contributed by atoms with van der Waals surface area (Å²) in [6, 6.07) is 5.70. The number of ether oxygens (including phenoxy) is 2. The number of nitrogens with two attached hydrogens (primary N) is 2. The van der Waals surface area contributed by atoms with E-state index in [9.17, 15) is 4.79 Å². The van der Waals surface area contributed by atoms with Crippen molar-refractivity contribution in [2.75, 3.05) is 13.7 Å². The van der Waals surface area contributed by atoms with Gasteiger partial charge in [-0.1, -0.05) is 18.2 Å². The fourth-order valence-electron chi connectivity index (χ4n) is 2.04. The van der Waals surface area contributed by atoms with Gasteiger partial charge in [-0.15, -0.1) is 0 Å². The molecule has 1 amide bonds. The van der Waals surface area contributed by atoms with Crippen LogP contribution in [0.1, 0.15) is 17.5 Å². The summed E-state index contributed by atoms with van der Waals surface area (Å²) in [7, 11) is 1.62. The molecule has 0 fully saturated rings. The number of hydrogen-bond donors (Lipinski definition) is 2. The third-order valence-electron chi connectivity index (χ3n) is 2.88. The first-order valence-electron chi connectivity index (χ1n) is 6.20. The molecule has 0 saturated carbocycles. The van der Waals surface area contributed by atoms with Crippen LogP contribution in [0.2, 0.25) is 0 Å². The SMILES string of the molecule is COCc1cccc2c1OCCC(C(=O)N=C(N)N)=C2. The van der Waals surface area contributed by atoms with Crippen molar-refractivity contribution in [1.29, 1.82) is 0 Å². The van der Waals surface area contributed by atoms with Crippen molar-refractivity contribution < 1.29 is 14.3 Å². The maximum Gasteiger partial charge on any atom is 0.276 e. The van der Waals surface area contributed by atoms with Gasteiger partial charge in [0.2, 0.25) is 0 Å². The second kappa shape index (κ2) is 6.21. The molecule has 2 rings (SSSR count). The Bertz CT molecular complexity index is 575. The van der Waals surface area contributed by atoms with Crippen molar-refractivity contribution in [2.24, 2.45) is 16.5 Å². The van der Waals surface area contributed by atoms with Gasteiger partial charge in [0.1, 0.15) is 5.75 Å². The zero-order valence-electron chi connectivity index (χ0n) is 11.3. The molecule has 1 aliphatic heterocycles. The molecule has 0 spiro atoms. The fraction of sp³-hybridized carbons (Fsp3) is 0.286. The lowest BCUT2D eigenvalue weighted by atomic mass is 10.1. The summed E-state index contributed by atoms with van der Waals surface area (Å²) in [5.41, 5.74) is 12.7. The zero-order valence-corrected chi connectivity index (χ0v) is 11.3. The Kier molecular flexibility index (Phi) is 4.37. The number of methoxy groups -OCH3 is 1. The number of guanidine groups is 1. The van der Waals surface area contributed by atoms with Crippen molar-refractivity contribution in [1.82, 2.24) is 0 Å². The molecule has 1 aromatic carbocycles. The summed E-state index contributed by atoms with van der Waals surface area (Å²) in [5.74, 6) is 0.0647. The number of benzene rings is 1. The molecule has 1 aliphatic rings. The Morgan fingerprint density at radius 1 is 1.45 bits per heavy atom. The molecule has 106 valence electrons. The summed E-state index contributed by atoms with van der Waals surface area (Å²) >= 11 is 0. The van der Waals surface area contributed by atoms with Gasteiger partial charge in [0, 0.05) is 30.2 Å². The fourth-order valence-corrected chi connectivity index (χ4v) is 2.04. The van der Waals surface area contributed by atoms with E-state index >= 15 is 0 Å². The molecular weight excluding hydrogens is 258 g/mol. The number of carbonyl (C=O) groups excluding carboxylic acids is 1. The number of amides is 1. The van der Waals surface area contributed by atoms with Crippen molar-refractivity contribution in [3.05, 3.63) is 34.9 Å². The van der Waals surface area contributed by atoms with Gasteiger partial charge in [-0.05, 0) is 6.08 Å². The Morgan fingerprint density at radius 3 is 2.95 bits per heavy atom. The summed E-state index contributed by atoms with van der Waals surface area (Å²) in [5, 5.41) is 0. The first kappa shape index (κ1) is 14.1. The van der Waals surface area contributed by atoms with Crippen LogP contribution in [0.5, 0.6) is 5.75 Å². The number of nitrogens with zero attached hydrogens (tertiary/aromatic N) is 1. The lowest BCUT2D eigenvalue weighted by Crippen LogP contribution is -2.24. The molecule has 0 bridgehead atoms. The van der Waals surface area contributed by atoms with E-state index in [2.05, 4.69) is 4.99 Å². The minimum atomic E-state index is -0.432. The third kappa shape index (κ3) is 3.16. The van der Waals surface area contributed by atoms with E-state index in [4.69, 9.17) is 20.9 Å². The summed E-state index contributed by atoms with van der Waals surface area (Å²) in [6.07, 6.45) is 2.22. The van der Waals surface area contributed by atoms with Gasteiger partial charge < -0.3 is 20.9 Å². The average molecular weight is 275 g/mol. The molecule has 1 aromatic rings. The topological polar surface area (TPSA) is 99.9 Å². The zero-order chi connectivity index (χ0) is 14.5. The highest BCUT2D eigenvalue weighted by Crippen LogP contribution is 2.30. The Hall–Kier alpha value is -2.34. The number of rotatable bonds is 3. The van der Waals surface area contributed by atoms with Crippen molar-refractivity contribution in [3.63, 3.8) is 0 Å². The Balaban J connectivity index is 2.38. The van der Waals surface area contributed by atoms with Crippen LogP contribution in [-0.2, 0) is 16.1 Å². The van der Waals surface area contributed by atoms with Crippen LogP contribution in [-0.4, -0.2) is 25.6 Å². The van der Waals surface area contributed by atoms with Crippen LogP contribution >= 0.6 is 0 Å². The van der Waals surface area contributed by atoms with Crippen LogP contribution in [0.25, 0.3) is 6.08 Å². The number of fused-ring (bicyclic) bond motifs is 1. The van der Waals surface area contributed by atoms with E-state index in [1.165, 1.54) is 0 Å². The van der Waals surface area contributed by atoms with E-state index in [0.29, 0.717) is 25.2 Å². The van der Waals surface area contributed by atoms with E-state index in [1.54, 1.807) is 13.2 Å². The third-order valence-corrected chi connectivity index (χ3v) is 2.88. The molecule has 0 aliphatic carbocycles. The number of carbonyl (C=O) groups is 1. The van der Waals surface area contributed by atoms with Crippen LogP contribution in [0.3, 0.4) is 0 Å². The molecule has 1 heterocycles. The van der Waals surface area contributed by atoms with Gasteiger partial charge in [0.15, 0.2) is 5.96 Å². The second-order valence-corrected chi connectivity index (χ2v) is 4.38. The van der Waals surface area contributed by atoms with E-state index < -0.39 is 5.91 Å². The minimum absolute atomic E-state index is 0.241. The van der Waals surface area contributed by atoms with Crippen molar-refractivity contribution in [3.8, 4) is 5.75 Å². The van der Waals surface area contributed by atoms with Crippen molar-refractivity contribution in [2.45, 2.75) is 13.0 Å². The monoisotopic (exact) mass is 275 g/mol. The smallest absolute Gasteiger partial charge is 0.276 e. The van der Waals surface area contributed by atoms with Gasteiger partial charge in [0.25, 0.3) is 5.91 Å². The molecule has 0 atom stereocenters. The summed E-state index contributed by atoms with van der Waals surface area (Å²) in [4.78, 5) is 15.4. The number of hydrogen-bond acceptors (Lipinski definition) is 3. The molecule has 0 unspecified atom stereocenters. The van der Waals surface area contributed by atoms with Crippen LogP contribution < -0.4 is 16.2 Å². The maximum absolute atomic E-state index is 11.9. The molecule has 4 N–H and O–H groups in total. The quantitative estimate of drug-likeness (QED) is 0.627. The molecule has 6 heteroatoms. The maximum atomic E-state index is 11.9. The molecule has 20 heavy (non-hydrogen) atoms. The van der Waals surface area contributed by atoms with Crippen molar-refractivity contribution >= 4 is 17.9 Å².